The third-order valence-electron chi connectivity index (χ3n) is 3.64. The summed E-state index contributed by atoms with van der Waals surface area (Å²) in [6, 6.07) is 0. The predicted octanol–water partition coefficient (Wildman–Crippen LogP) is 1.28. The highest BCUT2D eigenvalue weighted by Crippen LogP contribution is 2.29. The lowest BCUT2D eigenvalue weighted by atomic mass is 9.86. The quantitative estimate of drug-likeness (QED) is 0.531. The van der Waals surface area contributed by atoms with Gasteiger partial charge in [-0.25, -0.2) is 0 Å². The molecule has 3 aliphatic heterocycles. The maximum atomic E-state index is 11.6. The molecule has 0 amide bonds. The lowest BCUT2D eigenvalue weighted by molar-refractivity contribution is -0.159. The number of ether oxygens (including phenoxy) is 1. The second-order valence-electron chi connectivity index (χ2n) is 4.94. The van der Waals surface area contributed by atoms with Gasteiger partial charge >= 0.3 is 5.97 Å². The van der Waals surface area contributed by atoms with E-state index in [0.29, 0.717) is 12.3 Å². The SMILES string of the molecule is C#CC(C)CC(=O)OC1CN2CCC1CC2. The van der Waals surface area contributed by atoms with Crippen molar-refractivity contribution in [2.75, 3.05) is 19.6 Å². The Kier molecular flexibility index (Phi) is 3.50. The third-order valence-corrected chi connectivity index (χ3v) is 3.64. The minimum absolute atomic E-state index is 0.0198. The summed E-state index contributed by atoms with van der Waals surface area (Å²) in [5.41, 5.74) is 0. The molecule has 0 aromatic rings. The average Bonchev–Trinajstić information content (AvgIpc) is 2.30. The van der Waals surface area contributed by atoms with E-state index in [1.807, 2.05) is 6.92 Å². The molecule has 2 unspecified atom stereocenters. The molecule has 0 aliphatic carbocycles. The zero-order chi connectivity index (χ0) is 11.5. The second kappa shape index (κ2) is 4.88. The Morgan fingerprint density at radius 2 is 2.25 bits per heavy atom. The van der Waals surface area contributed by atoms with Crippen LogP contribution in [0.5, 0.6) is 0 Å². The van der Waals surface area contributed by atoms with Gasteiger partial charge in [-0.05, 0) is 31.8 Å². The maximum absolute atomic E-state index is 11.6. The summed E-state index contributed by atoms with van der Waals surface area (Å²) in [7, 11) is 0. The fourth-order valence-corrected chi connectivity index (χ4v) is 2.57. The number of piperidine rings is 3. The normalized spacial score (nSPS) is 34.1. The first-order chi connectivity index (χ1) is 7.69. The Morgan fingerprint density at radius 1 is 1.56 bits per heavy atom. The molecule has 0 spiro atoms. The van der Waals surface area contributed by atoms with Crippen molar-refractivity contribution in [3.8, 4) is 12.3 Å². The van der Waals surface area contributed by atoms with Crippen molar-refractivity contribution in [2.24, 2.45) is 11.8 Å². The molecular weight excluding hydrogens is 202 g/mol. The standard InChI is InChI=1S/C13H19NO2/c1-3-10(2)8-13(15)16-12-9-14-6-4-11(12)5-7-14/h1,10-12H,4-9H2,2H3. The molecule has 0 aromatic carbocycles. The van der Waals surface area contributed by atoms with Crippen LogP contribution in [0.25, 0.3) is 0 Å². The van der Waals surface area contributed by atoms with Gasteiger partial charge in [-0.3, -0.25) is 9.69 Å². The van der Waals surface area contributed by atoms with Crippen molar-refractivity contribution in [2.45, 2.75) is 32.3 Å². The molecule has 3 saturated heterocycles. The highest BCUT2D eigenvalue weighted by atomic mass is 16.5. The summed E-state index contributed by atoms with van der Waals surface area (Å²) < 4.78 is 5.52. The van der Waals surface area contributed by atoms with Gasteiger partial charge in [0.25, 0.3) is 0 Å². The number of hydrogen-bond acceptors (Lipinski definition) is 3. The molecule has 2 atom stereocenters. The van der Waals surface area contributed by atoms with E-state index >= 15 is 0 Å². The first-order valence-electron chi connectivity index (χ1n) is 6.07. The number of esters is 1. The zero-order valence-electron chi connectivity index (χ0n) is 9.82. The number of hydrogen-bond donors (Lipinski definition) is 0. The minimum atomic E-state index is -0.135. The van der Waals surface area contributed by atoms with Crippen molar-refractivity contribution in [1.29, 1.82) is 0 Å². The summed E-state index contributed by atoms with van der Waals surface area (Å²) in [6.07, 6.45) is 8.04. The van der Waals surface area contributed by atoms with Crippen LogP contribution in [0.2, 0.25) is 0 Å². The summed E-state index contributed by atoms with van der Waals surface area (Å²) in [5.74, 6) is 2.98. The monoisotopic (exact) mass is 221 g/mol. The molecule has 16 heavy (non-hydrogen) atoms. The molecule has 0 radical (unpaired) electrons. The van der Waals surface area contributed by atoms with Gasteiger partial charge in [-0.15, -0.1) is 12.3 Å². The van der Waals surface area contributed by atoms with Gasteiger partial charge in [0.05, 0.1) is 6.42 Å². The Morgan fingerprint density at radius 3 is 2.75 bits per heavy atom. The molecule has 2 bridgehead atoms. The topological polar surface area (TPSA) is 29.5 Å². The molecule has 3 fully saturated rings. The van der Waals surface area contributed by atoms with Gasteiger partial charge in [0.15, 0.2) is 0 Å². The van der Waals surface area contributed by atoms with Crippen molar-refractivity contribution in [3.05, 3.63) is 0 Å². The van der Waals surface area contributed by atoms with Crippen LogP contribution in [-0.4, -0.2) is 36.6 Å². The average molecular weight is 221 g/mol. The van der Waals surface area contributed by atoms with E-state index in [-0.39, 0.29) is 18.0 Å². The van der Waals surface area contributed by atoms with Gasteiger partial charge in [0.2, 0.25) is 0 Å². The first-order valence-corrected chi connectivity index (χ1v) is 6.07. The minimum Gasteiger partial charge on any atom is -0.461 e. The molecule has 0 N–H and O–H groups in total. The fourth-order valence-electron chi connectivity index (χ4n) is 2.57. The highest BCUT2D eigenvalue weighted by Gasteiger charge is 2.36. The van der Waals surface area contributed by atoms with Crippen molar-refractivity contribution in [3.63, 3.8) is 0 Å². The first kappa shape index (κ1) is 11.5. The van der Waals surface area contributed by atoms with Crippen LogP contribution >= 0.6 is 0 Å². The van der Waals surface area contributed by atoms with Gasteiger partial charge in [0.1, 0.15) is 6.10 Å². The van der Waals surface area contributed by atoms with Crippen LogP contribution in [0, 0.1) is 24.2 Å². The molecule has 0 saturated carbocycles. The fraction of sp³-hybridized carbons (Fsp3) is 0.769. The molecule has 3 heterocycles. The molecule has 3 aliphatic rings. The van der Waals surface area contributed by atoms with Crippen LogP contribution < -0.4 is 0 Å². The van der Waals surface area contributed by atoms with Crippen LogP contribution in [0.15, 0.2) is 0 Å². The zero-order valence-corrected chi connectivity index (χ0v) is 9.82. The number of carbonyl (C=O) groups excluding carboxylic acids is 1. The Bertz CT molecular complexity index is 300. The number of rotatable bonds is 3. The molecule has 0 aromatic heterocycles. The highest BCUT2D eigenvalue weighted by molar-refractivity contribution is 5.70. The summed E-state index contributed by atoms with van der Waals surface area (Å²) >= 11 is 0. The van der Waals surface area contributed by atoms with Crippen molar-refractivity contribution in [1.82, 2.24) is 4.90 Å². The smallest absolute Gasteiger partial charge is 0.307 e. The Balaban J connectivity index is 1.81. The van der Waals surface area contributed by atoms with E-state index in [4.69, 9.17) is 11.2 Å². The molecule has 3 rings (SSSR count). The number of fused-ring (bicyclic) bond motifs is 3. The summed E-state index contributed by atoms with van der Waals surface area (Å²) in [4.78, 5) is 14.0. The van der Waals surface area contributed by atoms with Crippen LogP contribution in [-0.2, 0) is 9.53 Å². The van der Waals surface area contributed by atoms with Gasteiger partial charge in [0, 0.05) is 12.5 Å². The lowest BCUT2D eigenvalue weighted by Gasteiger charge is -2.43. The van der Waals surface area contributed by atoms with E-state index in [1.165, 1.54) is 25.9 Å². The van der Waals surface area contributed by atoms with Gasteiger partial charge < -0.3 is 4.74 Å². The largest absolute Gasteiger partial charge is 0.461 e. The number of carbonyl (C=O) groups is 1. The van der Waals surface area contributed by atoms with Crippen molar-refractivity contribution < 1.29 is 9.53 Å². The molecule has 88 valence electrons. The van der Waals surface area contributed by atoms with E-state index < -0.39 is 0 Å². The van der Waals surface area contributed by atoms with Crippen LogP contribution in [0.3, 0.4) is 0 Å². The Hall–Kier alpha value is -1.01. The summed E-state index contributed by atoms with van der Waals surface area (Å²) in [5, 5.41) is 0. The van der Waals surface area contributed by atoms with E-state index in [0.717, 1.165) is 6.54 Å². The molecular formula is C13H19NO2. The lowest BCUT2D eigenvalue weighted by Crippen LogP contribution is -2.52. The maximum Gasteiger partial charge on any atom is 0.307 e. The van der Waals surface area contributed by atoms with Crippen LogP contribution in [0.4, 0.5) is 0 Å². The third kappa shape index (κ3) is 2.56. The number of terminal acetylenes is 1. The Labute approximate surface area is 97.1 Å². The van der Waals surface area contributed by atoms with Crippen molar-refractivity contribution >= 4 is 5.97 Å². The molecule has 3 nitrogen and oxygen atoms in total. The van der Waals surface area contributed by atoms with Gasteiger partial charge in [-0.1, -0.05) is 6.92 Å². The van der Waals surface area contributed by atoms with Gasteiger partial charge in [-0.2, -0.15) is 0 Å². The van der Waals surface area contributed by atoms with E-state index in [2.05, 4.69) is 10.8 Å². The molecule has 3 heteroatoms. The van der Waals surface area contributed by atoms with E-state index in [9.17, 15) is 4.79 Å². The predicted molar refractivity (Wildman–Crippen MR) is 61.7 cm³/mol. The number of nitrogens with zero attached hydrogens (tertiary/aromatic N) is 1. The van der Waals surface area contributed by atoms with E-state index in [1.54, 1.807) is 0 Å². The summed E-state index contributed by atoms with van der Waals surface area (Å²) in [6.45, 7) is 5.12. The second-order valence-corrected chi connectivity index (χ2v) is 4.94. The van der Waals surface area contributed by atoms with Crippen LogP contribution in [0.1, 0.15) is 26.2 Å².